The van der Waals surface area contributed by atoms with Gasteiger partial charge in [0.2, 0.25) is 0 Å². The molecular weight excluding hydrogens is 214 g/mol. The van der Waals surface area contributed by atoms with Crippen molar-refractivity contribution in [3.8, 4) is 0 Å². The van der Waals surface area contributed by atoms with E-state index in [0.717, 1.165) is 25.5 Å². The van der Waals surface area contributed by atoms with Crippen molar-refractivity contribution in [3.05, 3.63) is 18.0 Å². The molecule has 4 nitrogen and oxygen atoms in total. The Hall–Kier alpha value is -0.870. The van der Waals surface area contributed by atoms with E-state index in [1.165, 1.54) is 24.9 Å². The van der Waals surface area contributed by atoms with E-state index in [0.29, 0.717) is 5.92 Å². The lowest BCUT2D eigenvalue weighted by Gasteiger charge is -2.17. The van der Waals surface area contributed by atoms with Crippen LogP contribution >= 0.6 is 0 Å². The highest BCUT2D eigenvalue weighted by Gasteiger charge is 2.30. The fourth-order valence-corrected chi connectivity index (χ4v) is 2.59. The van der Waals surface area contributed by atoms with E-state index < -0.39 is 0 Å². The Morgan fingerprint density at radius 3 is 3.00 bits per heavy atom. The Kier molecular flexibility index (Phi) is 3.16. The van der Waals surface area contributed by atoms with Crippen molar-refractivity contribution >= 4 is 0 Å². The molecule has 2 aliphatic rings. The van der Waals surface area contributed by atoms with Gasteiger partial charge in [-0.3, -0.25) is 4.68 Å². The fraction of sp³-hybridized carbons (Fsp3) is 0.769. The maximum absolute atomic E-state index is 5.84. The highest BCUT2D eigenvalue weighted by molar-refractivity contribution is 5.11. The number of ether oxygens (including phenoxy) is 1. The zero-order valence-electron chi connectivity index (χ0n) is 10.4. The van der Waals surface area contributed by atoms with Gasteiger partial charge in [0.1, 0.15) is 0 Å². The van der Waals surface area contributed by atoms with Gasteiger partial charge in [-0.05, 0) is 31.7 Å². The third kappa shape index (κ3) is 2.69. The molecule has 0 aromatic carbocycles. The first kappa shape index (κ1) is 11.2. The van der Waals surface area contributed by atoms with Crippen LogP contribution in [0.1, 0.15) is 30.9 Å². The van der Waals surface area contributed by atoms with Crippen molar-refractivity contribution in [2.75, 3.05) is 19.7 Å². The third-order valence-electron chi connectivity index (χ3n) is 3.80. The van der Waals surface area contributed by atoms with Gasteiger partial charge in [0.15, 0.2) is 0 Å². The largest absolute Gasteiger partial charge is 0.373 e. The van der Waals surface area contributed by atoms with Crippen molar-refractivity contribution < 1.29 is 4.74 Å². The molecule has 0 amide bonds. The van der Waals surface area contributed by atoms with Gasteiger partial charge in [-0.2, -0.15) is 5.10 Å². The summed E-state index contributed by atoms with van der Waals surface area (Å²) in [7, 11) is 1.96. The average molecular weight is 235 g/mol. The van der Waals surface area contributed by atoms with E-state index in [2.05, 4.69) is 16.6 Å². The molecule has 17 heavy (non-hydrogen) atoms. The number of hydrogen-bond donors (Lipinski definition) is 1. The molecular formula is C13H21N3O. The molecule has 2 heterocycles. The van der Waals surface area contributed by atoms with E-state index in [4.69, 9.17) is 4.74 Å². The van der Waals surface area contributed by atoms with Gasteiger partial charge in [-0.25, -0.2) is 0 Å². The molecule has 0 bridgehead atoms. The molecule has 1 aromatic heterocycles. The third-order valence-corrected chi connectivity index (χ3v) is 3.80. The Bertz CT molecular complexity index is 372. The molecule has 2 fully saturated rings. The van der Waals surface area contributed by atoms with Gasteiger partial charge in [-0.1, -0.05) is 0 Å². The Morgan fingerprint density at radius 1 is 1.41 bits per heavy atom. The highest BCUT2D eigenvalue weighted by Crippen LogP contribution is 2.34. The summed E-state index contributed by atoms with van der Waals surface area (Å²) < 4.78 is 7.70. The topological polar surface area (TPSA) is 39.1 Å². The van der Waals surface area contributed by atoms with E-state index in [-0.39, 0.29) is 6.10 Å². The smallest absolute Gasteiger partial charge is 0.0896 e. The van der Waals surface area contributed by atoms with Crippen molar-refractivity contribution in [1.29, 1.82) is 0 Å². The minimum Gasteiger partial charge on any atom is -0.373 e. The van der Waals surface area contributed by atoms with Gasteiger partial charge >= 0.3 is 0 Å². The summed E-state index contributed by atoms with van der Waals surface area (Å²) >= 11 is 0. The first-order valence-corrected chi connectivity index (χ1v) is 6.64. The average Bonchev–Trinajstić information content (AvgIpc) is 2.85. The van der Waals surface area contributed by atoms with Crippen molar-refractivity contribution in [1.82, 2.24) is 15.1 Å². The van der Waals surface area contributed by atoms with Gasteiger partial charge in [0, 0.05) is 37.9 Å². The van der Waals surface area contributed by atoms with Crippen molar-refractivity contribution in [2.45, 2.75) is 25.4 Å². The van der Waals surface area contributed by atoms with E-state index in [1.54, 1.807) is 0 Å². The van der Waals surface area contributed by atoms with Crippen LogP contribution in [0.5, 0.6) is 0 Å². The summed E-state index contributed by atoms with van der Waals surface area (Å²) in [5.74, 6) is 1.56. The summed E-state index contributed by atoms with van der Waals surface area (Å²) in [4.78, 5) is 0. The van der Waals surface area contributed by atoms with Crippen LogP contribution in [-0.4, -0.2) is 29.5 Å². The van der Waals surface area contributed by atoms with Crippen LogP contribution in [0.3, 0.4) is 0 Å². The number of rotatable bonds is 5. The summed E-state index contributed by atoms with van der Waals surface area (Å²) in [5.41, 5.74) is 1.23. The molecule has 2 atom stereocenters. The molecule has 1 aliphatic carbocycles. The molecule has 1 saturated heterocycles. The van der Waals surface area contributed by atoms with Crippen molar-refractivity contribution in [3.63, 3.8) is 0 Å². The summed E-state index contributed by atoms with van der Waals surface area (Å²) in [5, 5.41) is 7.82. The molecule has 1 N–H and O–H groups in total. The number of nitrogens with one attached hydrogen (secondary N) is 1. The highest BCUT2D eigenvalue weighted by atomic mass is 16.5. The Labute approximate surface area is 102 Å². The number of aromatic nitrogens is 2. The molecule has 94 valence electrons. The minimum absolute atomic E-state index is 0.246. The van der Waals surface area contributed by atoms with Gasteiger partial charge in [0.05, 0.1) is 12.3 Å². The molecule has 1 saturated carbocycles. The molecule has 4 heteroatoms. The van der Waals surface area contributed by atoms with Gasteiger partial charge in [-0.15, -0.1) is 0 Å². The van der Waals surface area contributed by atoms with Crippen LogP contribution in [-0.2, 0) is 11.8 Å². The van der Waals surface area contributed by atoms with Gasteiger partial charge in [0.25, 0.3) is 0 Å². The van der Waals surface area contributed by atoms with Gasteiger partial charge < -0.3 is 10.1 Å². The molecule has 0 unspecified atom stereocenters. The van der Waals surface area contributed by atoms with Crippen LogP contribution < -0.4 is 5.32 Å². The molecule has 0 spiro atoms. The van der Waals surface area contributed by atoms with Crippen LogP contribution in [0.2, 0.25) is 0 Å². The lowest BCUT2D eigenvalue weighted by Crippen LogP contribution is -2.26. The van der Waals surface area contributed by atoms with Crippen LogP contribution in [0.15, 0.2) is 12.4 Å². The molecule has 0 radical (unpaired) electrons. The van der Waals surface area contributed by atoms with Crippen LogP contribution in [0.25, 0.3) is 0 Å². The monoisotopic (exact) mass is 235 g/mol. The quantitative estimate of drug-likeness (QED) is 0.840. The standard InChI is InChI=1S/C13H21N3O/c1-16-9-12(8-15-16)13-11(4-5-17-13)7-14-6-10-2-3-10/h8-11,13-14H,2-7H2,1H3/t11-,13-/m0/s1. The predicted octanol–water partition coefficient (Wildman–Crippen LogP) is 1.50. The molecule has 3 rings (SSSR count). The lowest BCUT2D eigenvalue weighted by atomic mass is 9.97. The SMILES string of the molecule is Cn1cc([C@H]2OCC[C@H]2CNCC2CC2)cn1. The summed E-state index contributed by atoms with van der Waals surface area (Å²) in [6, 6.07) is 0. The molecule has 1 aromatic rings. The van der Waals surface area contributed by atoms with Crippen molar-refractivity contribution in [2.24, 2.45) is 18.9 Å². The maximum atomic E-state index is 5.84. The van der Waals surface area contributed by atoms with E-state index >= 15 is 0 Å². The first-order valence-electron chi connectivity index (χ1n) is 6.64. The first-order chi connectivity index (χ1) is 8.33. The second kappa shape index (κ2) is 4.78. The maximum Gasteiger partial charge on any atom is 0.0896 e. The number of hydrogen-bond acceptors (Lipinski definition) is 3. The zero-order valence-corrected chi connectivity index (χ0v) is 10.4. The summed E-state index contributed by atoms with van der Waals surface area (Å²) in [6.07, 6.45) is 8.25. The second-order valence-corrected chi connectivity index (χ2v) is 5.39. The second-order valence-electron chi connectivity index (χ2n) is 5.39. The minimum atomic E-state index is 0.246. The van der Waals surface area contributed by atoms with Crippen LogP contribution in [0.4, 0.5) is 0 Å². The predicted molar refractivity (Wildman–Crippen MR) is 65.6 cm³/mol. The Balaban J connectivity index is 1.55. The number of aryl methyl sites for hydroxylation is 1. The summed E-state index contributed by atoms with van der Waals surface area (Å²) in [6.45, 7) is 3.15. The molecule has 1 aliphatic heterocycles. The fourth-order valence-electron chi connectivity index (χ4n) is 2.59. The Morgan fingerprint density at radius 2 is 2.29 bits per heavy atom. The van der Waals surface area contributed by atoms with Crippen LogP contribution in [0, 0.1) is 11.8 Å². The van der Waals surface area contributed by atoms with E-state index in [1.807, 2.05) is 17.9 Å². The normalized spacial score (nSPS) is 28.8. The zero-order chi connectivity index (χ0) is 11.7. The number of nitrogens with zero attached hydrogens (tertiary/aromatic N) is 2. The van der Waals surface area contributed by atoms with E-state index in [9.17, 15) is 0 Å². The lowest BCUT2D eigenvalue weighted by molar-refractivity contribution is 0.0904.